The van der Waals surface area contributed by atoms with Crippen LogP contribution in [-0.2, 0) is 10.8 Å². The summed E-state index contributed by atoms with van der Waals surface area (Å²) in [7, 11) is 0. The molecule has 0 fully saturated rings. The summed E-state index contributed by atoms with van der Waals surface area (Å²) < 4.78 is 0. The van der Waals surface area contributed by atoms with Crippen LogP contribution in [0, 0.1) is 0 Å². The lowest BCUT2D eigenvalue weighted by atomic mass is 9.79. The maximum atomic E-state index is 5.17. The molecule has 3 aliphatic carbocycles. The molecule has 0 radical (unpaired) electrons. The highest BCUT2D eigenvalue weighted by atomic mass is 32.1. The summed E-state index contributed by atoms with van der Waals surface area (Å²) in [6.07, 6.45) is 7.21. The van der Waals surface area contributed by atoms with Gasteiger partial charge >= 0.3 is 0 Å². The van der Waals surface area contributed by atoms with Crippen molar-refractivity contribution in [2.24, 2.45) is 0 Å². The molecule has 230 valence electrons. The van der Waals surface area contributed by atoms with Crippen molar-refractivity contribution >= 4 is 38.5 Å². The van der Waals surface area contributed by atoms with Gasteiger partial charge in [0.2, 0.25) is 0 Å². The van der Waals surface area contributed by atoms with Crippen molar-refractivity contribution in [3.8, 4) is 44.3 Å². The molecule has 0 bridgehead atoms. The number of hydrogen-bond acceptors (Lipinski definition) is 4. The van der Waals surface area contributed by atoms with E-state index in [9.17, 15) is 0 Å². The molecule has 0 atom stereocenters. The van der Waals surface area contributed by atoms with Crippen molar-refractivity contribution in [1.82, 2.24) is 15.0 Å². The lowest BCUT2D eigenvalue weighted by molar-refractivity contribution is 0.652. The van der Waals surface area contributed by atoms with E-state index in [2.05, 4.69) is 142 Å². The molecule has 0 unspecified atom stereocenters. The number of benzene rings is 5. The molecular weight excluding hydrogens is 603 g/mol. The molecule has 0 amide bonds. The molecule has 0 saturated heterocycles. The van der Waals surface area contributed by atoms with Crippen LogP contribution >= 0.6 is 11.3 Å². The second-order valence-corrected chi connectivity index (χ2v) is 15.4. The Labute approximate surface area is 284 Å². The van der Waals surface area contributed by atoms with Crippen LogP contribution in [0.5, 0.6) is 0 Å². The highest BCUT2D eigenvalue weighted by Gasteiger charge is 2.43. The van der Waals surface area contributed by atoms with Crippen LogP contribution in [0.4, 0.5) is 0 Å². The zero-order valence-electron chi connectivity index (χ0n) is 27.4. The van der Waals surface area contributed by atoms with E-state index in [4.69, 9.17) is 15.0 Å². The van der Waals surface area contributed by atoms with Crippen LogP contribution in [0.1, 0.15) is 62.2 Å². The standard InChI is InChI=1S/C44H33N3S/c1-43(2)33-20-19-25-12-7-8-15-27(25)38(33)31-23-35-32(24-34(31)43)39-29-17-10-9-16-28(29)30(22-36(39)44(35,3)4)41-45-40(26-13-5-6-14-26)46-42(47-41)37-18-11-21-48-37/h5-13,15-24H,14H2,1-4H3. The fourth-order valence-electron chi connectivity index (χ4n) is 8.53. The van der Waals surface area contributed by atoms with Gasteiger partial charge in [-0.1, -0.05) is 113 Å². The van der Waals surface area contributed by atoms with Gasteiger partial charge in [-0.3, -0.25) is 0 Å². The van der Waals surface area contributed by atoms with Gasteiger partial charge < -0.3 is 0 Å². The van der Waals surface area contributed by atoms with Crippen LogP contribution in [0.25, 0.3) is 71.5 Å². The molecule has 2 aromatic heterocycles. The molecule has 3 aliphatic rings. The fourth-order valence-corrected chi connectivity index (χ4v) is 9.19. The molecule has 0 saturated carbocycles. The van der Waals surface area contributed by atoms with E-state index in [1.165, 1.54) is 66.1 Å². The normalized spacial score (nSPS) is 16.2. The Morgan fingerprint density at radius 3 is 1.94 bits per heavy atom. The molecule has 0 N–H and O–H groups in total. The van der Waals surface area contributed by atoms with E-state index in [0.717, 1.165) is 39.9 Å². The van der Waals surface area contributed by atoms with Crippen molar-refractivity contribution < 1.29 is 0 Å². The Kier molecular flexibility index (Phi) is 5.62. The first-order valence-electron chi connectivity index (χ1n) is 16.8. The Morgan fingerprint density at radius 2 is 1.21 bits per heavy atom. The summed E-state index contributed by atoms with van der Waals surface area (Å²) in [4.78, 5) is 16.3. The quantitative estimate of drug-likeness (QED) is 0.194. The second-order valence-electron chi connectivity index (χ2n) is 14.4. The van der Waals surface area contributed by atoms with E-state index >= 15 is 0 Å². The van der Waals surface area contributed by atoms with Gasteiger partial charge in [-0.2, -0.15) is 0 Å². The molecule has 5 aromatic carbocycles. The van der Waals surface area contributed by atoms with Crippen molar-refractivity contribution in [3.63, 3.8) is 0 Å². The van der Waals surface area contributed by atoms with Crippen molar-refractivity contribution in [3.05, 3.63) is 143 Å². The van der Waals surface area contributed by atoms with E-state index < -0.39 is 0 Å². The Bertz CT molecular complexity index is 2580. The molecular formula is C44H33N3S. The van der Waals surface area contributed by atoms with Gasteiger partial charge in [0.05, 0.1) is 4.88 Å². The highest BCUT2D eigenvalue weighted by molar-refractivity contribution is 7.13. The smallest absolute Gasteiger partial charge is 0.174 e. The summed E-state index contributed by atoms with van der Waals surface area (Å²) in [6, 6.07) is 33.9. The lowest BCUT2D eigenvalue weighted by Gasteiger charge is -2.24. The summed E-state index contributed by atoms with van der Waals surface area (Å²) in [6.45, 7) is 9.55. The third-order valence-electron chi connectivity index (χ3n) is 11.0. The molecule has 0 aliphatic heterocycles. The minimum Gasteiger partial charge on any atom is -0.208 e. The third-order valence-corrected chi connectivity index (χ3v) is 11.9. The molecule has 7 aromatic rings. The van der Waals surface area contributed by atoms with Crippen molar-refractivity contribution in [2.45, 2.75) is 44.9 Å². The van der Waals surface area contributed by atoms with E-state index in [0.29, 0.717) is 0 Å². The monoisotopic (exact) mass is 635 g/mol. The van der Waals surface area contributed by atoms with E-state index in [1.807, 2.05) is 0 Å². The van der Waals surface area contributed by atoms with Gasteiger partial charge in [-0.15, -0.1) is 11.3 Å². The zero-order chi connectivity index (χ0) is 32.4. The zero-order valence-corrected chi connectivity index (χ0v) is 28.2. The first kappa shape index (κ1) is 27.9. The minimum atomic E-state index is -0.222. The number of hydrogen-bond donors (Lipinski definition) is 0. The molecule has 4 heteroatoms. The number of thiophene rings is 1. The number of allylic oxidation sites excluding steroid dienone is 4. The average molecular weight is 636 g/mol. The van der Waals surface area contributed by atoms with E-state index in [-0.39, 0.29) is 10.8 Å². The number of nitrogens with zero attached hydrogens (tertiary/aromatic N) is 3. The largest absolute Gasteiger partial charge is 0.208 e. The van der Waals surface area contributed by atoms with Crippen LogP contribution in [0.3, 0.4) is 0 Å². The Morgan fingerprint density at radius 1 is 0.562 bits per heavy atom. The third kappa shape index (κ3) is 3.72. The topological polar surface area (TPSA) is 38.7 Å². The van der Waals surface area contributed by atoms with Crippen molar-refractivity contribution in [1.29, 1.82) is 0 Å². The summed E-state index contributed by atoms with van der Waals surface area (Å²) in [5.41, 5.74) is 12.8. The maximum Gasteiger partial charge on any atom is 0.174 e. The Balaban J connectivity index is 1.23. The van der Waals surface area contributed by atoms with Crippen molar-refractivity contribution in [2.75, 3.05) is 0 Å². The molecule has 0 spiro atoms. The Hall–Kier alpha value is -5.19. The number of fused-ring (bicyclic) bond motifs is 10. The SMILES string of the molecule is CC1(C)c2cc3c(cc2-c2c1ccc1ccccc21)C(C)(C)c1cc(-c2nc(C4=CC=CC4)nc(-c4cccs4)n2)c2ccccc2c1-3. The average Bonchev–Trinajstić information content (AvgIpc) is 3.91. The van der Waals surface area contributed by atoms with Crippen LogP contribution in [-0.4, -0.2) is 15.0 Å². The van der Waals surface area contributed by atoms with Gasteiger partial charge in [0.1, 0.15) is 0 Å². The van der Waals surface area contributed by atoms with Crippen LogP contribution in [0.2, 0.25) is 0 Å². The van der Waals surface area contributed by atoms with Crippen LogP contribution < -0.4 is 0 Å². The minimum absolute atomic E-state index is 0.102. The lowest BCUT2D eigenvalue weighted by Crippen LogP contribution is -2.17. The van der Waals surface area contributed by atoms with E-state index in [1.54, 1.807) is 11.3 Å². The maximum absolute atomic E-state index is 5.17. The van der Waals surface area contributed by atoms with Gasteiger partial charge in [-0.25, -0.2) is 15.0 Å². The highest BCUT2D eigenvalue weighted by Crippen LogP contribution is 2.59. The molecule has 10 rings (SSSR count). The fraction of sp³-hybridized carbons (Fsp3) is 0.159. The summed E-state index contributed by atoms with van der Waals surface area (Å²) in [5.74, 6) is 2.21. The molecule has 48 heavy (non-hydrogen) atoms. The first-order valence-corrected chi connectivity index (χ1v) is 17.6. The second kappa shape index (κ2) is 9.68. The van der Waals surface area contributed by atoms with Gasteiger partial charge in [0, 0.05) is 22.0 Å². The predicted molar refractivity (Wildman–Crippen MR) is 200 cm³/mol. The molecule has 3 nitrogen and oxygen atoms in total. The predicted octanol–water partition coefficient (Wildman–Crippen LogP) is 11.5. The van der Waals surface area contributed by atoms with Crippen LogP contribution in [0.15, 0.2) is 115 Å². The first-order chi connectivity index (χ1) is 23.3. The van der Waals surface area contributed by atoms with Gasteiger partial charge in [-0.05, 0) is 102 Å². The van der Waals surface area contributed by atoms with Gasteiger partial charge in [0.25, 0.3) is 0 Å². The number of rotatable bonds is 3. The van der Waals surface area contributed by atoms with Gasteiger partial charge in [0.15, 0.2) is 17.5 Å². The summed E-state index contributed by atoms with van der Waals surface area (Å²) in [5, 5.41) is 7.13. The summed E-state index contributed by atoms with van der Waals surface area (Å²) >= 11 is 1.66. The number of aromatic nitrogens is 3. The molecule has 2 heterocycles.